The van der Waals surface area contributed by atoms with E-state index in [0.29, 0.717) is 18.2 Å². The van der Waals surface area contributed by atoms with Gasteiger partial charge in [0.1, 0.15) is 5.15 Å². The number of sulfone groups is 1. The van der Waals surface area contributed by atoms with Gasteiger partial charge in [-0.2, -0.15) is 5.10 Å². The first-order valence-electron chi connectivity index (χ1n) is 7.23. The highest BCUT2D eigenvalue weighted by Gasteiger charge is 2.50. The third-order valence-electron chi connectivity index (χ3n) is 4.69. The molecule has 0 saturated carbocycles. The quantitative estimate of drug-likeness (QED) is 0.854. The van der Waals surface area contributed by atoms with Gasteiger partial charge in [-0.3, -0.25) is 9.58 Å². The lowest BCUT2D eigenvalue weighted by Gasteiger charge is -2.18. The van der Waals surface area contributed by atoms with Gasteiger partial charge in [0.15, 0.2) is 9.84 Å². The Morgan fingerprint density at radius 3 is 2.76 bits per heavy atom. The zero-order valence-electron chi connectivity index (χ0n) is 12.3. The minimum Gasteiger partial charge on any atom is -0.326 e. The summed E-state index contributed by atoms with van der Waals surface area (Å²) < 4.78 is 25.9. The minimum atomic E-state index is -3.04. The Labute approximate surface area is 130 Å². The second-order valence-electron chi connectivity index (χ2n) is 6.08. The average molecular weight is 333 g/mol. The van der Waals surface area contributed by atoms with Crippen LogP contribution in [0.1, 0.15) is 18.2 Å². The Kier molecular flexibility index (Phi) is 3.80. The van der Waals surface area contributed by atoms with E-state index in [1.165, 1.54) is 0 Å². The van der Waals surface area contributed by atoms with Crippen molar-refractivity contribution >= 4 is 21.4 Å². The zero-order valence-corrected chi connectivity index (χ0v) is 13.9. The Bertz CT molecular complexity index is 657. The standard InChI is InChI=1S/C13H21ClN4O2S/c1-3-11-9(13(14)17(2)16-11)5-18-4-8-10(15)7-21(19,20)12(8)6-18/h8,10,12H,3-7,15H2,1-2H3/t8-,10+,12-/m0/s1. The van der Waals surface area contributed by atoms with Gasteiger partial charge in [0.2, 0.25) is 0 Å². The second-order valence-corrected chi connectivity index (χ2v) is 8.71. The summed E-state index contributed by atoms with van der Waals surface area (Å²) in [6.45, 7) is 3.96. The molecule has 118 valence electrons. The summed E-state index contributed by atoms with van der Waals surface area (Å²) in [7, 11) is -1.22. The topological polar surface area (TPSA) is 81.2 Å². The van der Waals surface area contributed by atoms with Gasteiger partial charge in [0.25, 0.3) is 0 Å². The molecule has 2 fully saturated rings. The van der Waals surface area contributed by atoms with Crippen LogP contribution in [0.25, 0.3) is 0 Å². The highest BCUT2D eigenvalue weighted by atomic mass is 35.5. The molecule has 3 atom stereocenters. The summed E-state index contributed by atoms with van der Waals surface area (Å²) in [6, 6.07) is -0.236. The molecular weight excluding hydrogens is 312 g/mol. The third-order valence-corrected chi connectivity index (χ3v) is 7.43. The highest BCUT2D eigenvalue weighted by Crippen LogP contribution is 2.34. The maximum atomic E-state index is 12.1. The van der Waals surface area contributed by atoms with Crippen molar-refractivity contribution in [3.8, 4) is 0 Å². The fourth-order valence-corrected chi connectivity index (χ4v) is 6.08. The van der Waals surface area contributed by atoms with E-state index >= 15 is 0 Å². The molecule has 1 aromatic rings. The van der Waals surface area contributed by atoms with Crippen LogP contribution in [0.3, 0.4) is 0 Å². The molecule has 2 saturated heterocycles. The minimum absolute atomic E-state index is 0.0514. The first-order chi connectivity index (χ1) is 9.83. The van der Waals surface area contributed by atoms with E-state index in [-0.39, 0.29) is 23.0 Å². The lowest BCUT2D eigenvalue weighted by molar-refractivity contribution is 0.307. The van der Waals surface area contributed by atoms with Gasteiger partial charge in [-0.15, -0.1) is 0 Å². The van der Waals surface area contributed by atoms with Crippen LogP contribution in [0.5, 0.6) is 0 Å². The maximum absolute atomic E-state index is 12.1. The predicted molar refractivity (Wildman–Crippen MR) is 81.9 cm³/mol. The van der Waals surface area contributed by atoms with Crippen LogP contribution in [-0.4, -0.2) is 53.2 Å². The smallest absolute Gasteiger partial charge is 0.156 e. The van der Waals surface area contributed by atoms with Gasteiger partial charge in [0, 0.05) is 44.2 Å². The summed E-state index contributed by atoms with van der Waals surface area (Å²) in [5.41, 5.74) is 7.98. The summed E-state index contributed by atoms with van der Waals surface area (Å²) in [5.74, 6) is 0.180. The van der Waals surface area contributed by atoms with Gasteiger partial charge in [-0.05, 0) is 6.42 Å². The molecule has 2 aliphatic heterocycles. The number of rotatable bonds is 3. The summed E-state index contributed by atoms with van der Waals surface area (Å²) in [4.78, 5) is 2.15. The molecule has 1 aromatic heterocycles. The molecule has 6 nitrogen and oxygen atoms in total. The number of nitrogens with zero attached hydrogens (tertiary/aromatic N) is 3. The third kappa shape index (κ3) is 2.50. The Morgan fingerprint density at radius 2 is 2.14 bits per heavy atom. The number of halogens is 1. The van der Waals surface area contributed by atoms with Gasteiger partial charge < -0.3 is 5.73 Å². The molecule has 2 N–H and O–H groups in total. The molecule has 3 heterocycles. The zero-order chi connectivity index (χ0) is 15.4. The largest absolute Gasteiger partial charge is 0.326 e. The molecule has 3 rings (SSSR count). The van der Waals surface area contributed by atoms with Crippen molar-refractivity contribution in [2.75, 3.05) is 18.8 Å². The van der Waals surface area contributed by atoms with Crippen molar-refractivity contribution in [2.45, 2.75) is 31.2 Å². The summed E-state index contributed by atoms with van der Waals surface area (Å²) >= 11 is 6.31. The SMILES string of the molecule is CCc1nn(C)c(Cl)c1CN1C[C@H]2[C@H](N)CS(=O)(=O)[C@H]2C1. The van der Waals surface area contributed by atoms with Crippen LogP contribution in [0.4, 0.5) is 0 Å². The molecule has 0 amide bonds. The van der Waals surface area contributed by atoms with E-state index in [0.717, 1.165) is 24.2 Å². The number of nitrogens with two attached hydrogens (primary N) is 1. The van der Waals surface area contributed by atoms with Gasteiger partial charge >= 0.3 is 0 Å². The average Bonchev–Trinajstić information content (AvgIpc) is 3.01. The lowest BCUT2D eigenvalue weighted by Crippen LogP contribution is -2.33. The van der Waals surface area contributed by atoms with E-state index in [1.54, 1.807) is 4.68 Å². The van der Waals surface area contributed by atoms with Crippen molar-refractivity contribution in [3.05, 3.63) is 16.4 Å². The second kappa shape index (κ2) is 5.22. The molecule has 0 unspecified atom stereocenters. The molecule has 0 radical (unpaired) electrons. The van der Waals surface area contributed by atoms with Gasteiger partial charge in [-0.1, -0.05) is 18.5 Å². The molecule has 0 aliphatic carbocycles. The fraction of sp³-hybridized carbons (Fsp3) is 0.769. The van der Waals surface area contributed by atoms with E-state index in [4.69, 9.17) is 17.3 Å². The van der Waals surface area contributed by atoms with E-state index in [9.17, 15) is 8.42 Å². The van der Waals surface area contributed by atoms with E-state index in [1.807, 2.05) is 14.0 Å². The molecule has 0 spiro atoms. The first kappa shape index (κ1) is 15.3. The van der Waals surface area contributed by atoms with Crippen molar-refractivity contribution in [1.29, 1.82) is 0 Å². The lowest BCUT2D eigenvalue weighted by atomic mass is 10.0. The number of likely N-dealkylation sites (tertiary alicyclic amines) is 1. The Morgan fingerprint density at radius 1 is 1.43 bits per heavy atom. The number of aromatic nitrogens is 2. The predicted octanol–water partition coefficient (Wildman–Crippen LogP) is 0.192. The fourth-order valence-electron chi connectivity index (χ4n) is 3.58. The highest BCUT2D eigenvalue weighted by molar-refractivity contribution is 7.92. The van der Waals surface area contributed by atoms with Crippen LogP contribution in [0.15, 0.2) is 0 Å². The Balaban J connectivity index is 1.80. The van der Waals surface area contributed by atoms with Gasteiger partial charge in [0.05, 0.1) is 16.7 Å². The first-order valence-corrected chi connectivity index (χ1v) is 9.32. The Hall–Kier alpha value is -0.630. The number of fused-ring (bicyclic) bond motifs is 1. The van der Waals surface area contributed by atoms with Crippen molar-refractivity contribution in [3.63, 3.8) is 0 Å². The molecule has 0 bridgehead atoms. The monoisotopic (exact) mass is 332 g/mol. The van der Waals surface area contributed by atoms with Crippen LogP contribution < -0.4 is 5.73 Å². The maximum Gasteiger partial charge on any atom is 0.156 e. The number of aryl methyl sites for hydroxylation is 2. The normalized spacial score (nSPS) is 31.7. The number of hydrogen-bond donors (Lipinski definition) is 1. The number of hydrogen-bond acceptors (Lipinski definition) is 5. The van der Waals surface area contributed by atoms with Crippen LogP contribution in [-0.2, 0) is 29.9 Å². The van der Waals surface area contributed by atoms with Crippen molar-refractivity contribution in [2.24, 2.45) is 18.7 Å². The molecule has 8 heteroatoms. The molecular formula is C13H21ClN4O2S. The van der Waals surface area contributed by atoms with Gasteiger partial charge in [-0.25, -0.2) is 8.42 Å². The molecule has 0 aromatic carbocycles. The molecule has 21 heavy (non-hydrogen) atoms. The van der Waals surface area contributed by atoms with Crippen LogP contribution in [0.2, 0.25) is 5.15 Å². The van der Waals surface area contributed by atoms with Crippen LogP contribution in [0, 0.1) is 5.92 Å². The van der Waals surface area contributed by atoms with Crippen LogP contribution >= 0.6 is 11.6 Å². The van der Waals surface area contributed by atoms with E-state index < -0.39 is 9.84 Å². The summed E-state index contributed by atoms with van der Waals surface area (Å²) in [6.07, 6.45) is 0.814. The van der Waals surface area contributed by atoms with Crippen molar-refractivity contribution < 1.29 is 8.42 Å². The molecule has 2 aliphatic rings. The van der Waals surface area contributed by atoms with Crippen molar-refractivity contribution in [1.82, 2.24) is 14.7 Å². The van der Waals surface area contributed by atoms with E-state index in [2.05, 4.69) is 10.00 Å². The summed E-state index contributed by atoms with van der Waals surface area (Å²) in [5, 5.41) is 4.72.